The molecule has 0 aromatic carbocycles. The molecule has 92 valence electrons. The Hall–Kier alpha value is -1.78. The monoisotopic (exact) mass is 234 g/mol. The zero-order valence-corrected chi connectivity index (χ0v) is 10.5. The van der Waals surface area contributed by atoms with Crippen LogP contribution in [0.1, 0.15) is 25.6 Å². The Labute approximate surface area is 101 Å². The van der Waals surface area contributed by atoms with Crippen LogP contribution < -0.4 is 4.74 Å². The number of aryl methyl sites for hydroxylation is 1. The van der Waals surface area contributed by atoms with Crippen LogP contribution in [0.4, 0.5) is 0 Å². The third-order valence-corrected chi connectivity index (χ3v) is 2.66. The maximum atomic E-state index is 5.64. The molecule has 0 aliphatic carbocycles. The molecule has 0 atom stereocenters. The standard InChI is InChI=1S/C12H18N4O/c1-10(2)16-9-12(8-14-16)17-7-5-11-4-6-13-15(11)3/h4,6,8-10H,5,7H2,1-3H3. The van der Waals surface area contributed by atoms with E-state index in [1.165, 1.54) is 5.69 Å². The molecular formula is C12H18N4O. The van der Waals surface area contributed by atoms with Crippen LogP contribution in [0.3, 0.4) is 0 Å². The van der Waals surface area contributed by atoms with Crippen molar-refractivity contribution < 1.29 is 4.74 Å². The molecule has 0 unspecified atom stereocenters. The highest BCUT2D eigenvalue weighted by Gasteiger charge is 2.03. The van der Waals surface area contributed by atoms with E-state index in [4.69, 9.17) is 4.74 Å². The minimum Gasteiger partial charge on any atom is -0.490 e. The Morgan fingerprint density at radius 3 is 2.76 bits per heavy atom. The normalized spacial score (nSPS) is 11.1. The first kappa shape index (κ1) is 11.7. The van der Waals surface area contributed by atoms with Crippen molar-refractivity contribution in [3.8, 4) is 5.75 Å². The van der Waals surface area contributed by atoms with Gasteiger partial charge in [-0.15, -0.1) is 0 Å². The second-order valence-corrected chi connectivity index (χ2v) is 4.29. The van der Waals surface area contributed by atoms with Gasteiger partial charge in [0.05, 0.1) is 19.0 Å². The third-order valence-electron chi connectivity index (χ3n) is 2.66. The van der Waals surface area contributed by atoms with Crippen molar-refractivity contribution in [2.75, 3.05) is 6.61 Å². The summed E-state index contributed by atoms with van der Waals surface area (Å²) in [7, 11) is 1.94. The Balaban J connectivity index is 1.84. The first-order valence-electron chi connectivity index (χ1n) is 5.80. The SMILES string of the molecule is CC(C)n1cc(OCCc2ccnn2C)cn1. The molecule has 0 saturated heterocycles. The van der Waals surface area contributed by atoms with E-state index in [0.29, 0.717) is 12.6 Å². The van der Waals surface area contributed by atoms with Gasteiger partial charge < -0.3 is 4.74 Å². The second-order valence-electron chi connectivity index (χ2n) is 4.29. The number of ether oxygens (including phenoxy) is 1. The van der Waals surface area contributed by atoms with E-state index in [1.807, 2.05) is 28.7 Å². The Morgan fingerprint density at radius 2 is 2.18 bits per heavy atom. The average Bonchev–Trinajstić information content (AvgIpc) is 2.89. The first-order valence-corrected chi connectivity index (χ1v) is 5.80. The highest BCUT2D eigenvalue weighted by atomic mass is 16.5. The van der Waals surface area contributed by atoms with Crippen LogP contribution in [-0.4, -0.2) is 26.2 Å². The largest absolute Gasteiger partial charge is 0.490 e. The van der Waals surface area contributed by atoms with E-state index in [0.717, 1.165) is 12.2 Å². The van der Waals surface area contributed by atoms with Crippen LogP contribution in [-0.2, 0) is 13.5 Å². The fourth-order valence-electron chi connectivity index (χ4n) is 1.60. The maximum Gasteiger partial charge on any atom is 0.157 e. The molecule has 2 aromatic heterocycles. The first-order chi connectivity index (χ1) is 8.16. The third kappa shape index (κ3) is 2.87. The predicted molar refractivity (Wildman–Crippen MR) is 65.0 cm³/mol. The van der Waals surface area contributed by atoms with E-state index < -0.39 is 0 Å². The van der Waals surface area contributed by atoms with E-state index >= 15 is 0 Å². The van der Waals surface area contributed by atoms with E-state index in [9.17, 15) is 0 Å². The molecule has 0 amide bonds. The van der Waals surface area contributed by atoms with E-state index in [-0.39, 0.29) is 0 Å². The van der Waals surface area contributed by atoms with Gasteiger partial charge in [0.2, 0.25) is 0 Å². The summed E-state index contributed by atoms with van der Waals surface area (Å²) < 4.78 is 9.39. The minimum atomic E-state index is 0.365. The van der Waals surface area contributed by atoms with Crippen molar-refractivity contribution in [3.63, 3.8) is 0 Å². The Morgan fingerprint density at radius 1 is 1.35 bits per heavy atom. The van der Waals surface area contributed by atoms with Crippen LogP contribution in [0.25, 0.3) is 0 Å². The lowest BCUT2D eigenvalue weighted by molar-refractivity contribution is 0.317. The fourth-order valence-corrected chi connectivity index (χ4v) is 1.60. The Kier molecular flexibility index (Phi) is 3.46. The fraction of sp³-hybridized carbons (Fsp3) is 0.500. The number of hydrogen-bond acceptors (Lipinski definition) is 3. The van der Waals surface area contributed by atoms with Crippen LogP contribution in [0.2, 0.25) is 0 Å². The quantitative estimate of drug-likeness (QED) is 0.792. The van der Waals surface area contributed by atoms with Gasteiger partial charge >= 0.3 is 0 Å². The maximum absolute atomic E-state index is 5.64. The lowest BCUT2D eigenvalue weighted by atomic mass is 10.3. The van der Waals surface area contributed by atoms with Gasteiger partial charge in [0, 0.05) is 31.4 Å². The zero-order valence-electron chi connectivity index (χ0n) is 10.5. The summed E-state index contributed by atoms with van der Waals surface area (Å²) in [6, 6.07) is 2.37. The van der Waals surface area contributed by atoms with E-state index in [2.05, 4.69) is 24.0 Å². The molecule has 0 saturated carbocycles. The number of rotatable bonds is 5. The predicted octanol–water partition coefficient (Wildman–Crippen LogP) is 1.82. The average molecular weight is 234 g/mol. The van der Waals surface area contributed by atoms with Crippen LogP contribution in [0.15, 0.2) is 24.7 Å². The molecular weight excluding hydrogens is 216 g/mol. The smallest absolute Gasteiger partial charge is 0.157 e. The highest BCUT2D eigenvalue weighted by Crippen LogP contribution is 2.12. The summed E-state index contributed by atoms with van der Waals surface area (Å²) >= 11 is 0. The summed E-state index contributed by atoms with van der Waals surface area (Å²) in [4.78, 5) is 0. The van der Waals surface area contributed by atoms with Gasteiger partial charge in [0.25, 0.3) is 0 Å². The molecule has 0 bridgehead atoms. The van der Waals surface area contributed by atoms with Gasteiger partial charge in [-0.05, 0) is 19.9 Å². The zero-order chi connectivity index (χ0) is 12.3. The number of hydrogen-bond donors (Lipinski definition) is 0. The number of aromatic nitrogens is 4. The molecule has 0 spiro atoms. The minimum absolute atomic E-state index is 0.365. The van der Waals surface area contributed by atoms with Crippen molar-refractivity contribution in [2.45, 2.75) is 26.3 Å². The molecule has 5 heteroatoms. The second kappa shape index (κ2) is 5.03. The summed E-state index contributed by atoms with van der Waals surface area (Å²) in [6.45, 7) is 4.82. The van der Waals surface area contributed by atoms with Gasteiger partial charge in [-0.1, -0.05) is 0 Å². The highest BCUT2D eigenvalue weighted by molar-refractivity contribution is 5.12. The molecule has 2 rings (SSSR count). The molecule has 0 N–H and O–H groups in total. The van der Waals surface area contributed by atoms with Crippen LogP contribution in [0, 0.1) is 0 Å². The topological polar surface area (TPSA) is 44.9 Å². The molecule has 2 aromatic rings. The van der Waals surface area contributed by atoms with Crippen molar-refractivity contribution in [2.24, 2.45) is 7.05 Å². The number of nitrogens with zero attached hydrogens (tertiary/aromatic N) is 4. The molecule has 0 aliphatic rings. The lowest BCUT2D eigenvalue weighted by Gasteiger charge is -2.05. The summed E-state index contributed by atoms with van der Waals surface area (Å²) in [6.07, 6.45) is 6.33. The summed E-state index contributed by atoms with van der Waals surface area (Å²) in [5.41, 5.74) is 1.17. The molecule has 0 radical (unpaired) electrons. The van der Waals surface area contributed by atoms with Gasteiger partial charge in [0.1, 0.15) is 0 Å². The molecule has 0 aliphatic heterocycles. The molecule has 2 heterocycles. The van der Waals surface area contributed by atoms with E-state index in [1.54, 1.807) is 12.4 Å². The van der Waals surface area contributed by atoms with Crippen LogP contribution in [0.5, 0.6) is 5.75 Å². The van der Waals surface area contributed by atoms with Crippen molar-refractivity contribution in [1.29, 1.82) is 0 Å². The summed E-state index contributed by atoms with van der Waals surface area (Å²) in [5.74, 6) is 0.820. The molecule has 17 heavy (non-hydrogen) atoms. The Bertz CT molecular complexity index is 472. The summed E-state index contributed by atoms with van der Waals surface area (Å²) in [5, 5.41) is 8.34. The van der Waals surface area contributed by atoms with Gasteiger partial charge in [-0.25, -0.2) is 0 Å². The van der Waals surface area contributed by atoms with Crippen molar-refractivity contribution >= 4 is 0 Å². The lowest BCUT2D eigenvalue weighted by Crippen LogP contribution is -2.05. The van der Waals surface area contributed by atoms with Gasteiger partial charge in [-0.3, -0.25) is 9.36 Å². The van der Waals surface area contributed by atoms with Crippen molar-refractivity contribution in [3.05, 3.63) is 30.4 Å². The molecule has 0 fully saturated rings. The van der Waals surface area contributed by atoms with Gasteiger partial charge in [-0.2, -0.15) is 10.2 Å². The molecule has 5 nitrogen and oxygen atoms in total. The van der Waals surface area contributed by atoms with Crippen molar-refractivity contribution in [1.82, 2.24) is 19.6 Å². The van der Waals surface area contributed by atoms with Gasteiger partial charge in [0.15, 0.2) is 5.75 Å². The van der Waals surface area contributed by atoms with Crippen LogP contribution >= 0.6 is 0 Å².